The van der Waals surface area contributed by atoms with Crippen molar-refractivity contribution in [2.75, 3.05) is 11.4 Å². The zero-order valence-electron chi connectivity index (χ0n) is 11.9. The highest BCUT2D eigenvalue weighted by Gasteiger charge is 2.16. The Morgan fingerprint density at radius 2 is 2.00 bits per heavy atom. The van der Waals surface area contributed by atoms with Crippen molar-refractivity contribution in [3.8, 4) is 0 Å². The fourth-order valence-corrected chi connectivity index (χ4v) is 2.95. The lowest BCUT2D eigenvalue weighted by atomic mass is 10.0. The van der Waals surface area contributed by atoms with Crippen molar-refractivity contribution >= 4 is 23.1 Å². The molecule has 0 spiro atoms. The highest BCUT2D eigenvalue weighted by atomic mass is 35.5. The number of hydrogen-bond acceptors (Lipinski definition) is 2. The average Bonchev–Trinajstić information content (AvgIpc) is 2.52. The van der Waals surface area contributed by atoms with Crippen molar-refractivity contribution in [3.05, 3.63) is 76.7 Å². The highest BCUT2D eigenvalue weighted by molar-refractivity contribution is 6.34. The molecule has 3 rings (SSSR count). The van der Waals surface area contributed by atoms with E-state index >= 15 is 0 Å². The number of aryl methyl sites for hydroxylation is 1. The second kappa shape index (κ2) is 6.32. The number of rotatable bonds is 3. The molecule has 0 unspecified atom stereocenters. The van der Waals surface area contributed by atoms with Crippen LogP contribution in [0.15, 0.2) is 54.7 Å². The molecule has 112 valence electrons. The van der Waals surface area contributed by atoms with Crippen LogP contribution in [0.1, 0.15) is 22.3 Å². The summed E-state index contributed by atoms with van der Waals surface area (Å²) in [5.41, 5.74) is 2.28. The Hall–Kier alpha value is -2.13. The summed E-state index contributed by atoms with van der Waals surface area (Å²) in [5, 5.41) is 0.133. The van der Waals surface area contributed by atoms with Gasteiger partial charge in [0.1, 0.15) is 5.82 Å². The number of carbonyl (C=O) groups excluding carboxylic acids is 1. The standard InChI is InChI=1S/C18H15ClFNO/c19-14-7-3-8-15(20)18(14)17(22)10-12-21-11-4-6-13-5-1-2-9-16(13)21/h1-3,5,7-10,12H,4,6,11H2. The molecule has 0 saturated carbocycles. The molecule has 2 nitrogen and oxygen atoms in total. The van der Waals surface area contributed by atoms with E-state index in [9.17, 15) is 9.18 Å². The van der Waals surface area contributed by atoms with Gasteiger partial charge >= 0.3 is 0 Å². The summed E-state index contributed by atoms with van der Waals surface area (Å²) in [5.74, 6) is -1.02. The third kappa shape index (κ3) is 2.90. The highest BCUT2D eigenvalue weighted by Crippen LogP contribution is 2.27. The van der Waals surface area contributed by atoms with E-state index in [1.54, 1.807) is 6.20 Å². The zero-order chi connectivity index (χ0) is 15.5. The summed E-state index contributed by atoms with van der Waals surface area (Å²) in [6.45, 7) is 0.839. The number of allylic oxidation sites excluding steroid dienone is 1. The van der Waals surface area contributed by atoms with Gasteiger partial charge in [0.15, 0.2) is 5.78 Å². The first-order valence-corrected chi connectivity index (χ1v) is 7.56. The van der Waals surface area contributed by atoms with Gasteiger partial charge in [-0.1, -0.05) is 35.9 Å². The predicted octanol–water partition coefficient (Wildman–Crippen LogP) is 4.63. The molecule has 0 aromatic heterocycles. The normalized spacial score (nSPS) is 14.2. The number of para-hydroxylation sites is 1. The van der Waals surface area contributed by atoms with Gasteiger partial charge in [0, 0.05) is 24.5 Å². The van der Waals surface area contributed by atoms with Crippen LogP contribution in [-0.2, 0) is 6.42 Å². The number of fused-ring (bicyclic) bond motifs is 1. The Balaban J connectivity index is 1.85. The molecule has 0 bridgehead atoms. The second-order valence-electron chi connectivity index (χ2n) is 5.20. The van der Waals surface area contributed by atoms with E-state index < -0.39 is 11.6 Å². The smallest absolute Gasteiger partial charge is 0.191 e. The van der Waals surface area contributed by atoms with Crippen molar-refractivity contribution < 1.29 is 9.18 Å². The molecular weight excluding hydrogens is 301 g/mol. The third-order valence-corrected chi connectivity index (χ3v) is 4.08. The van der Waals surface area contributed by atoms with Crippen LogP contribution in [0.3, 0.4) is 0 Å². The van der Waals surface area contributed by atoms with E-state index in [0.717, 1.165) is 25.1 Å². The predicted molar refractivity (Wildman–Crippen MR) is 87.0 cm³/mol. The Labute approximate surface area is 133 Å². The van der Waals surface area contributed by atoms with E-state index in [1.165, 1.54) is 29.8 Å². The Morgan fingerprint density at radius 3 is 2.82 bits per heavy atom. The van der Waals surface area contributed by atoms with Gasteiger partial charge in [0.2, 0.25) is 0 Å². The van der Waals surface area contributed by atoms with Crippen LogP contribution in [-0.4, -0.2) is 12.3 Å². The minimum atomic E-state index is -0.596. The number of nitrogens with zero attached hydrogens (tertiary/aromatic N) is 1. The molecule has 1 heterocycles. The molecule has 0 radical (unpaired) electrons. The summed E-state index contributed by atoms with van der Waals surface area (Å²) in [6, 6.07) is 12.3. The monoisotopic (exact) mass is 315 g/mol. The molecule has 0 atom stereocenters. The van der Waals surface area contributed by atoms with Gasteiger partial charge in [-0.25, -0.2) is 4.39 Å². The minimum absolute atomic E-state index is 0.0780. The van der Waals surface area contributed by atoms with E-state index in [-0.39, 0.29) is 10.6 Å². The van der Waals surface area contributed by atoms with Crippen LogP contribution in [0.25, 0.3) is 0 Å². The number of anilines is 1. The molecule has 22 heavy (non-hydrogen) atoms. The van der Waals surface area contributed by atoms with Crippen molar-refractivity contribution in [2.24, 2.45) is 0 Å². The topological polar surface area (TPSA) is 20.3 Å². The second-order valence-corrected chi connectivity index (χ2v) is 5.61. The van der Waals surface area contributed by atoms with E-state index in [1.807, 2.05) is 23.1 Å². The number of ketones is 1. The van der Waals surface area contributed by atoms with Crippen LogP contribution in [0.2, 0.25) is 5.02 Å². The van der Waals surface area contributed by atoms with Crippen LogP contribution >= 0.6 is 11.6 Å². The number of carbonyl (C=O) groups is 1. The summed E-state index contributed by atoms with van der Waals surface area (Å²) >= 11 is 5.92. The number of benzene rings is 2. The SMILES string of the molecule is O=C(C=CN1CCCc2ccccc21)c1c(F)cccc1Cl. The molecule has 2 aromatic rings. The van der Waals surface area contributed by atoms with Crippen LogP contribution < -0.4 is 4.90 Å². The summed E-state index contributed by atoms with van der Waals surface area (Å²) in [7, 11) is 0. The molecule has 2 aromatic carbocycles. The molecule has 1 aliphatic rings. The summed E-state index contributed by atoms with van der Waals surface area (Å²) in [4.78, 5) is 14.2. The molecule has 0 saturated heterocycles. The van der Waals surface area contributed by atoms with Gasteiger partial charge in [-0.2, -0.15) is 0 Å². The first kappa shape index (κ1) is 14.8. The van der Waals surface area contributed by atoms with Crippen molar-refractivity contribution in [1.29, 1.82) is 0 Å². The lowest BCUT2D eigenvalue weighted by Crippen LogP contribution is -2.24. The van der Waals surface area contributed by atoms with Crippen molar-refractivity contribution in [3.63, 3.8) is 0 Å². The fraction of sp³-hybridized carbons (Fsp3) is 0.167. The minimum Gasteiger partial charge on any atom is -0.348 e. The number of hydrogen-bond donors (Lipinski definition) is 0. The van der Waals surface area contributed by atoms with E-state index in [4.69, 9.17) is 11.6 Å². The quantitative estimate of drug-likeness (QED) is 0.608. The van der Waals surface area contributed by atoms with Gasteiger partial charge in [0.05, 0.1) is 10.6 Å². The van der Waals surface area contributed by atoms with Gasteiger partial charge in [-0.05, 0) is 36.6 Å². The van der Waals surface area contributed by atoms with Crippen LogP contribution in [0, 0.1) is 5.82 Å². The lowest BCUT2D eigenvalue weighted by Gasteiger charge is -2.28. The van der Waals surface area contributed by atoms with E-state index in [0.29, 0.717) is 0 Å². The molecular formula is C18H15ClFNO. The first-order valence-electron chi connectivity index (χ1n) is 7.18. The van der Waals surface area contributed by atoms with Gasteiger partial charge < -0.3 is 4.90 Å². The zero-order valence-corrected chi connectivity index (χ0v) is 12.7. The maximum absolute atomic E-state index is 13.8. The molecule has 0 N–H and O–H groups in total. The van der Waals surface area contributed by atoms with Crippen molar-refractivity contribution in [1.82, 2.24) is 0 Å². The first-order chi connectivity index (χ1) is 10.7. The van der Waals surface area contributed by atoms with E-state index in [2.05, 4.69) is 6.07 Å². The van der Waals surface area contributed by atoms with Crippen LogP contribution in [0.5, 0.6) is 0 Å². The molecule has 1 aliphatic heterocycles. The molecule has 0 fully saturated rings. The Bertz CT molecular complexity index is 721. The summed E-state index contributed by atoms with van der Waals surface area (Å²) in [6.07, 6.45) is 5.15. The molecule has 0 amide bonds. The maximum atomic E-state index is 13.8. The van der Waals surface area contributed by atoms with Gasteiger partial charge in [-0.3, -0.25) is 4.79 Å². The molecule has 0 aliphatic carbocycles. The van der Waals surface area contributed by atoms with Crippen LogP contribution in [0.4, 0.5) is 10.1 Å². The third-order valence-electron chi connectivity index (χ3n) is 3.76. The summed E-state index contributed by atoms with van der Waals surface area (Å²) < 4.78 is 13.8. The number of halogens is 2. The fourth-order valence-electron chi connectivity index (χ4n) is 2.69. The van der Waals surface area contributed by atoms with Gasteiger partial charge in [0.25, 0.3) is 0 Å². The lowest BCUT2D eigenvalue weighted by molar-refractivity contribution is 0.104. The maximum Gasteiger partial charge on any atom is 0.191 e. The van der Waals surface area contributed by atoms with Crippen molar-refractivity contribution in [2.45, 2.75) is 12.8 Å². The largest absolute Gasteiger partial charge is 0.348 e. The molecule has 4 heteroatoms. The Kier molecular flexibility index (Phi) is 4.25. The Morgan fingerprint density at radius 1 is 1.18 bits per heavy atom. The van der Waals surface area contributed by atoms with Gasteiger partial charge in [-0.15, -0.1) is 0 Å². The average molecular weight is 316 g/mol.